The van der Waals surface area contributed by atoms with E-state index in [1.807, 2.05) is 0 Å². The Hall–Kier alpha value is -2.77. The number of piperidine rings is 1. The molecule has 1 saturated heterocycles. The Morgan fingerprint density at radius 3 is 2.19 bits per heavy atom. The first-order valence-corrected chi connectivity index (χ1v) is 11.3. The monoisotopic (exact) mass is 446 g/mol. The van der Waals surface area contributed by atoms with Crippen molar-refractivity contribution in [1.29, 1.82) is 0 Å². The predicted molar refractivity (Wildman–Crippen MR) is 120 cm³/mol. The largest absolute Gasteiger partial charge is 0.493 e. The van der Waals surface area contributed by atoms with Crippen LogP contribution in [-0.4, -0.2) is 56.6 Å². The Kier molecular flexibility index (Phi) is 7.99. The lowest BCUT2D eigenvalue weighted by Crippen LogP contribution is -2.44. The molecule has 2 atom stereocenters. The Morgan fingerprint density at radius 2 is 1.59 bits per heavy atom. The highest BCUT2D eigenvalue weighted by atomic mass is 16.5. The molecule has 32 heavy (non-hydrogen) atoms. The maximum atomic E-state index is 12.9. The van der Waals surface area contributed by atoms with Crippen LogP contribution in [0.4, 0.5) is 5.69 Å². The van der Waals surface area contributed by atoms with E-state index in [4.69, 9.17) is 14.2 Å². The molecule has 2 fully saturated rings. The number of nitrogens with zero attached hydrogens (tertiary/aromatic N) is 1. The van der Waals surface area contributed by atoms with E-state index in [1.54, 1.807) is 11.0 Å². The van der Waals surface area contributed by atoms with Crippen molar-refractivity contribution >= 4 is 23.5 Å². The summed E-state index contributed by atoms with van der Waals surface area (Å²) in [5, 5.41) is 2.85. The Balaban J connectivity index is 1.74. The summed E-state index contributed by atoms with van der Waals surface area (Å²) in [5.74, 6) is 0.449. The van der Waals surface area contributed by atoms with Crippen LogP contribution in [0.15, 0.2) is 12.1 Å². The molecule has 3 rings (SSSR count). The van der Waals surface area contributed by atoms with Gasteiger partial charge in [0.1, 0.15) is 0 Å². The van der Waals surface area contributed by atoms with Crippen molar-refractivity contribution in [2.45, 2.75) is 46.0 Å². The number of rotatable bonds is 7. The highest BCUT2D eigenvalue weighted by Gasteiger charge is 2.28. The van der Waals surface area contributed by atoms with Gasteiger partial charge in [0.05, 0.1) is 25.5 Å². The first-order valence-electron chi connectivity index (χ1n) is 11.3. The molecular weight excluding hydrogens is 412 g/mol. The van der Waals surface area contributed by atoms with Gasteiger partial charge in [-0.2, -0.15) is 0 Å². The molecule has 1 aliphatic carbocycles. The number of esters is 1. The van der Waals surface area contributed by atoms with Crippen molar-refractivity contribution in [1.82, 2.24) is 4.90 Å². The molecule has 0 radical (unpaired) electrons. The number of hydrogen-bond acceptors (Lipinski definition) is 6. The quantitative estimate of drug-likeness (QED) is 0.645. The molecular formula is C24H34N2O6. The van der Waals surface area contributed by atoms with Crippen molar-refractivity contribution < 1.29 is 28.6 Å². The van der Waals surface area contributed by atoms with E-state index in [0.717, 1.165) is 32.1 Å². The number of carbonyl (C=O) groups excluding carboxylic acids is 3. The topological polar surface area (TPSA) is 94.2 Å². The maximum Gasteiger partial charge on any atom is 0.340 e. The minimum Gasteiger partial charge on any atom is -0.493 e. The lowest BCUT2D eigenvalue weighted by Gasteiger charge is -2.34. The molecule has 1 saturated carbocycles. The maximum absolute atomic E-state index is 12.9. The van der Waals surface area contributed by atoms with Crippen molar-refractivity contribution in [2.24, 2.45) is 17.8 Å². The number of hydrogen-bond donors (Lipinski definition) is 1. The molecule has 2 amide bonds. The summed E-state index contributed by atoms with van der Waals surface area (Å²) < 4.78 is 16.0. The van der Waals surface area contributed by atoms with Gasteiger partial charge in [0, 0.05) is 31.1 Å². The second kappa shape index (κ2) is 10.7. The van der Waals surface area contributed by atoms with E-state index in [0.29, 0.717) is 36.4 Å². The number of amides is 2. The number of benzene rings is 1. The molecule has 1 heterocycles. The van der Waals surface area contributed by atoms with Gasteiger partial charge in [-0.05, 0) is 31.1 Å². The van der Waals surface area contributed by atoms with Gasteiger partial charge in [-0.15, -0.1) is 0 Å². The van der Waals surface area contributed by atoms with Crippen molar-refractivity contribution in [3.63, 3.8) is 0 Å². The average Bonchev–Trinajstić information content (AvgIpc) is 3.31. The molecule has 1 N–H and O–H groups in total. The van der Waals surface area contributed by atoms with Gasteiger partial charge in [-0.3, -0.25) is 9.59 Å². The zero-order valence-electron chi connectivity index (χ0n) is 19.4. The van der Waals surface area contributed by atoms with Crippen LogP contribution in [0.25, 0.3) is 0 Å². The normalized spacial score (nSPS) is 21.2. The lowest BCUT2D eigenvalue weighted by molar-refractivity contribution is -0.137. The van der Waals surface area contributed by atoms with Crippen LogP contribution in [-0.2, 0) is 14.3 Å². The van der Waals surface area contributed by atoms with Crippen molar-refractivity contribution in [3.05, 3.63) is 17.7 Å². The van der Waals surface area contributed by atoms with Crippen LogP contribution in [0, 0.1) is 17.8 Å². The summed E-state index contributed by atoms with van der Waals surface area (Å²) in [4.78, 5) is 40.0. The fourth-order valence-electron chi connectivity index (χ4n) is 4.74. The van der Waals surface area contributed by atoms with Gasteiger partial charge < -0.3 is 24.4 Å². The number of carbonyl (C=O) groups is 3. The van der Waals surface area contributed by atoms with Gasteiger partial charge >= 0.3 is 5.97 Å². The van der Waals surface area contributed by atoms with E-state index in [9.17, 15) is 14.4 Å². The van der Waals surface area contributed by atoms with E-state index in [2.05, 4.69) is 19.2 Å². The molecule has 8 nitrogen and oxygen atoms in total. The van der Waals surface area contributed by atoms with E-state index in [-0.39, 0.29) is 35.6 Å². The zero-order chi connectivity index (χ0) is 23.3. The molecule has 0 spiro atoms. The van der Waals surface area contributed by atoms with Crippen molar-refractivity contribution in [3.8, 4) is 11.5 Å². The van der Waals surface area contributed by atoms with Gasteiger partial charge in [0.2, 0.25) is 5.91 Å². The summed E-state index contributed by atoms with van der Waals surface area (Å²) in [6.45, 7) is 5.22. The fourth-order valence-corrected chi connectivity index (χ4v) is 4.74. The molecule has 1 aromatic rings. The minimum atomic E-state index is -0.695. The van der Waals surface area contributed by atoms with Crippen LogP contribution in [0.5, 0.6) is 11.5 Å². The van der Waals surface area contributed by atoms with E-state index >= 15 is 0 Å². The number of likely N-dealkylation sites (tertiary alicyclic amines) is 1. The van der Waals surface area contributed by atoms with Gasteiger partial charge in [-0.25, -0.2) is 4.79 Å². The molecule has 0 bridgehead atoms. The SMILES string of the molecule is COc1cc(NC(=O)C2CCCC2)c(C(=O)OCC(=O)N2CC(C)CC(C)C2)cc1OC. The zero-order valence-corrected chi connectivity index (χ0v) is 19.4. The summed E-state index contributed by atoms with van der Waals surface area (Å²) >= 11 is 0. The number of anilines is 1. The van der Waals surface area contributed by atoms with Gasteiger partial charge in [0.15, 0.2) is 18.1 Å². The fraction of sp³-hybridized carbons (Fsp3) is 0.625. The Labute approximate surface area is 189 Å². The lowest BCUT2D eigenvalue weighted by atomic mass is 9.92. The van der Waals surface area contributed by atoms with E-state index in [1.165, 1.54) is 20.3 Å². The third kappa shape index (κ3) is 5.72. The van der Waals surface area contributed by atoms with Crippen LogP contribution in [0.3, 0.4) is 0 Å². The minimum absolute atomic E-state index is 0.0726. The number of ether oxygens (including phenoxy) is 3. The van der Waals surface area contributed by atoms with Crippen LogP contribution >= 0.6 is 0 Å². The highest BCUT2D eigenvalue weighted by molar-refractivity contribution is 6.03. The first-order chi connectivity index (χ1) is 15.3. The predicted octanol–water partition coefficient (Wildman–Crippen LogP) is 3.49. The molecule has 8 heteroatoms. The molecule has 2 unspecified atom stereocenters. The smallest absolute Gasteiger partial charge is 0.340 e. The van der Waals surface area contributed by atoms with E-state index < -0.39 is 5.97 Å². The third-order valence-electron chi connectivity index (χ3n) is 6.28. The number of methoxy groups -OCH3 is 2. The Morgan fingerprint density at radius 1 is 1.00 bits per heavy atom. The highest BCUT2D eigenvalue weighted by Crippen LogP contribution is 2.35. The summed E-state index contributed by atoms with van der Waals surface area (Å²) in [6.07, 6.45) is 4.79. The third-order valence-corrected chi connectivity index (χ3v) is 6.28. The summed E-state index contributed by atoms with van der Waals surface area (Å²) in [5.41, 5.74) is 0.416. The van der Waals surface area contributed by atoms with Crippen molar-refractivity contribution in [2.75, 3.05) is 39.2 Å². The molecule has 1 aliphatic heterocycles. The molecule has 176 valence electrons. The molecule has 2 aliphatic rings. The van der Waals surface area contributed by atoms with Gasteiger partial charge in [-0.1, -0.05) is 26.7 Å². The van der Waals surface area contributed by atoms with Crippen LogP contribution < -0.4 is 14.8 Å². The average molecular weight is 447 g/mol. The Bertz CT molecular complexity index is 839. The first kappa shape index (κ1) is 23.9. The second-order valence-corrected chi connectivity index (χ2v) is 9.04. The number of nitrogens with one attached hydrogen (secondary N) is 1. The molecule has 1 aromatic carbocycles. The summed E-state index contributed by atoms with van der Waals surface area (Å²) in [6, 6.07) is 3.03. The van der Waals surface area contributed by atoms with Crippen LogP contribution in [0.1, 0.15) is 56.3 Å². The van der Waals surface area contributed by atoms with Gasteiger partial charge in [0.25, 0.3) is 5.91 Å². The summed E-state index contributed by atoms with van der Waals surface area (Å²) in [7, 11) is 2.95. The second-order valence-electron chi connectivity index (χ2n) is 9.04. The molecule has 0 aromatic heterocycles. The standard InChI is InChI=1S/C24H34N2O6/c1-15-9-16(2)13-26(12-15)22(27)14-32-24(29)18-10-20(30-3)21(31-4)11-19(18)25-23(28)17-7-5-6-8-17/h10-11,15-17H,5-9,12-14H2,1-4H3,(H,25,28). The van der Waals surface area contributed by atoms with Crippen LogP contribution in [0.2, 0.25) is 0 Å².